The van der Waals surface area contributed by atoms with Crippen LogP contribution in [0, 0.1) is 5.92 Å². The zero-order chi connectivity index (χ0) is 14.4. The topological polar surface area (TPSA) is 60.9 Å². The Balaban J connectivity index is 1.73. The molecule has 1 saturated heterocycles. The molecule has 2 aliphatic rings. The first kappa shape index (κ1) is 15.1. The molecule has 0 aromatic heterocycles. The Bertz CT molecular complexity index is 340. The van der Waals surface area contributed by atoms with Crippen molar-refractivity contribution in [1.29, 1.82) is 0 Å². The maximum absolute atomic E-state index is 12.2. The summed E-state index contributed by atoms with van der Waals surface area (Å²) in [6.45, 7) is 2.25. The monoisotopic (exact) mass is 282 g/mol. The van der Waals surface area contributed by atoms with Crippen molar-refractivity contribution in [3.63, 3.8) is 0 Å². The first-order chi connectivity index (χ1) is 9.66. The number of amides is 2. The van der Waals surface area contributed by atoms with E-state index in [0.29, 0.717) is 32.6 Å². The number of hydrogen-bond donors (Lipinski definition) is 1. The number of carbonyl (C=O) groups excluding carboxylic acids is 1. The average Bonchev–Trinajstić information content (AvgIpc) is 2.72. The van der Waals surface area contributed by atoms with Crippen LogP contribution in [0.5, 0.6) is 0 Å². The van der Waals surface area contributed by atoms with Crippen LogP contribution in [0.2, 0.25) is 0 Å². The van der Waals surface area contributed by atoms with Crippen molar-refractivity contribution in [3.05, 3.63) is 0 Å². The molecule has 114 valence electrons. The van der Waals surface area contributed by atoms with Crippen molar-refractivity contribution in [1.82, 2.24) is 9.80 Å². The highest BCUT2D eigenvalue weighted by molar-refractivity contribution is 5.76. The zero-order valence-corrected chi connectivity index (χ0v) is 12.2. The van der Waals surface area contributed by atoms with Crippen molar-refractivity contribution in [3.8, 4) is 0 Å². The van der Waals surface area contributed by atoms with Gasteiger partial charge in [-0.2, -0.15) is 0 Å². The van der Waals surface area contributed by atoms with E-state index < -0.39 is 6.09 Å². The molecule has 0 unspecified atom stereocenters. The van der Waals surface area contributed by atoms with E-state index in [1.165, 1.54) is 37.0 Å². The van der Waals surface area contributed by atoms with Crippen molar-refractivity contribution in [2.75, 3.05) is 26.2 Å². The minimum Gasteiger partial charge on any atom is -0.465 e. The van der Waals surface area contributed by atoms with E-state index in [4.69, 9.17) is 5.11 Å². The number of rotatable bonds is 3. The van der Waals surface area contributed by atoms with E-state index >= 15 is 0 Å². The van der Waals surface area contributed by atoms with E-state index in [1.807, 2.05) is 4.90 Å². The summed E-state index contributed by atoms with van der Waals surface area (Å²) >= 11 is 0. The molecule has 1 heterocycles. The standard InChI is InChI=1S/C15H26N2O3/c18-14(8-7-13-5-2-1-3-6-13)16-9-4-10-17(12-11-16)15(19)20/h13H,1-12H2,(H,19,20). The third-order valence-corrected chi connectivity index (χ3v) is 4.61. The molecule has 0 aromatic carbocycles. The molecule has 5 nitrogen and oxygen atoms in total. The number of carbonyl (C=O) groups is 2. The number of hydrogen-bond acceptors (Lipinski definition) is 2. The van der Waals surface area contributed by atoms with Gasteiger partial charge in [0.25, 0.3) is 0 Å². The molecular formula is C15H26N2O3. The molecule has 0 bridgehead atoms. The molecule has 1 aliphatic carbocycles. The second-order valence-electron chi connectivity index (χ2n) is 6.05. The van der Waals surface area contributed by atoms with Crippen molar-refractivity contribution >= 4 is 12.0 Å². The summed E-state index contributed by atoms with van der Waals surface area (Å²) in [6, 6.07) is 0. The smallest absolute Gasteiger partial charge is 0.407 e. The molecule has 5 heteroatoms. The van der Waals surface area contributed by atoms with E-state index in [2.05, 4.69) is 0 Å². The van der Waals surface area contributed by atoms with Gasteiger partial charge >= 0.3 is 6.09 Å². The van der Waals surface area contributed by atoms with Gasteiger partial charge in [0.05, 0.1) is 0 Å². The van der Waals surface area contributed by atoms with E-state index in [0.717, 1.165) is 18.8 Å². The second-order valence-corrected chi connectivity index (χ2v) is 6.05. The Morgan fingerprint density at radius 1 is 0.900 bits per heavy atom. The highest BCUT2D eigenvalue weighted by atomic mass is 16.4. The van der Waals surface area contributed by atoms with Crippen LogP contribution in [-0.4, -0.2) is 53.1 Å². The second kappa shape index (κ2) is 7.50. The SMILES string of the molecule is O=C(O)N1CCCN(C(=O)CCC2CCCCC2)CC1. The Kier molecular flexibility index (Phi) is 5.68. The van der Waals surface area contributed by atoms with Crippen LogP contribution in [0.4, 0.5) is 4.79 Å². The highest BCUT2D eigenvalue weighted by Gasteiger charge is 2.22. The number of nitrogens with zero attached hydrogens (tertiary/aromatic N) is 2. The van der Waals surface area contributed by atoms with Gasteiger partial charge in [-0.1, -0.05) is 32.1 Å². The van der Waals surface area contributed by atoms with Gasteiger partial charge < -0.3 is 14.9 Å². The molecule has 20 heavy (non-hydrogen) atoms. The molecule has 2 fully saturated rings. The van der Waals surface area contributed by atoms with Crippen molar-refractivity contribution < 1.29 is 14.7 Å². The summed E-state index contributed by atoms with van der Waals surface area (Å²) < 4.78 is 0. The van der Waals surface area contributed by atoms with Gasteiger partial charge in [-0.25, -0.2) is 4.79 Å². The number of carboxylic acid groups (broad SMARTS) is 1. The maximum atomic E-state index is 12.2. The third-order valence-electron chi connectivity index (χ3n) is 4.61. The van der Waals surface area contributed by atoms with Gasteiger partial charge in [0.1, 0.15) is 0 Å². The van der Waals surface area contributed by atoms with E-state index in [9.17, 15) is 9.59 Å². The molecule has 0 spiro atoms. The summed E-state index contributed by atoms with van der Waals surface area (Å²) in [5, 5.41) is 8.98. The predicted octanol–water partition coefficient (Wildman–Crippen LogP) is 2.56. The Labute approximate surface area is 120 Å². The molecule has 0 atom stereocenters. The first-order valence-corrected chi connectivity index (χ1v) is 7.92. The van der Waals surface area contributed by atoms with E-state index in [1.54, 1.807) is 0 Å². The quantitative estimate of drug-likeness (QED) is 0.865. The molecule has 0 radical (unpaired) electrons. The highest BCUT2D eigenvalue weighted by Crippen LogP contribution is 2.27. The van der Waals surface area contributed by atoms with Gasteiger partial charge in [-0.15, -0.1) is 0 Å². The van der Waals surface area contributed by atoms with Crippen LogP contribution in [0.1, 0.15) is 51.4 Å². The lowest BCUT2D eigenvalue weighted by molar-refractivity contribution is -0.131. The van der Waals surface area contributed by atoms with Gasteiger partial charge in [0.15, 0.2) is 0 Å². The molecule has 1 saturated carbocycles. The van der Waals surface area contributed by atoms with Crippen LogP contribution < -0.4 is 0 Å². The minimum atomic E-state index is -0.874. The predicted molar refractivity (Wildman–Crippen MR) is 76.6 cm³/mol. The Morgan fingerprint density at radius 2 is 1.55 bits per heavy atom. The Hall–Kier alpha value is -1.26. The van der Waals surface area contributed by atoms with Crippen molar-refractivity contribution in [2.24, 2.45) is 5.92 Å². The lowest BCUT2D eigenvalue weighted by Gasteiger charge is -2.24. The van der Waals surface area contributed by atoms with Gasteiger partial charge in [0.2, 0.25) is 5.91 Å². The van der Waals surface area contributed by atoms with Crippen molar-refractivity contribution in [2.45, 2.75) is 51.4 Å². The summed E-state index contributed by atoms with van der Waals surface area (Å²) in [5.41, 5.74) is 0. The van der Waals surface area contributed by atoms with Gasteiger partial charge in [0, 0.05) is 32.6 Å². The summed E-state index contributed by atoms with van der Waals surface area (Å²) in [6.07, 6.45) is 8.06. The molecule has 1 aliphatic heterocycles. The molecule has 2 rings (SSSR count). The zero-order valence-electron chi connectivity index (χ0n) is 12.2. The molecular weight excluding hydrogens is 256 g/mol. The molecule has 1 N–H and O–H groups in total. The van der Waals surface area contributed by atoms with Gasteiger partial charge in [-0.3, -0.25) is 4.79 Å². The van der Waals surface area contributed by atoms with Crippen LogP contribution in [0.25, 0.3) is 0 Å². The Morgan fingerprint density at radius 3 is 2.25 bits per heavy atom. The summed E-state index contributed by atoms with van der Waals surface area (Å²) in [5.74, 6) is 0.943. The lowest BCUT2D eigenvalue weighted by Crippen LogP contribution is -2.36. The molecule has 2 amide bonds. The maximum Gasteiger partial charge on any atom is 0.407 e. The van der Waals surface area contributed by atoms with Crippen LogP contribution >= 0.6 is 0 Å². The van der Waals surface area contributed by atoms with Crippen LogP contribution in [0.3, 0.4) is 0 Å². The van der Waals surface area contributed by atoms with Gasteiger partial charge in [-0.05, 0) is 18.8 Å². The minimum absolute atomic E-state index is 0.211. The fraction of sp³-hybridized carbons (Fsp3) is 0.867. The van der Waals surface area contributed by atoms with E-state index in [-0.39, 0.29) is 5.91 Å². The summed E-state index contributed by atoms with van der Waals surface area (Å²) in [7, 11) is 0. The fourth-order valence-corrected chi connectivity index (χ4v) is 3.32. The van der Waals surface area contributed by atoms with Crippen LogP contribution in [-0.2, 0) is 4.79 Å². The normalized spacial score (nSPS) is 21.6. The summed E-state index contributed by atoms with van der Waals surface area (Å²) in [4.78, 5) is 26.4. The fourth-order valence-electron chi connectivity index (χ4n) is 3.32. The third kappa shape index (κ3) is 4.39. The van der Waals surface area contributed by atoms with Crippen LogP contribution in [0.15, 0.2) is 0 Å². The molecule has 0 aromatic rings. The largest absolute Gasteiger partial charge is 0.465 e. The average molecular weight is 282 g/mol. The first-order valence-electron chi connectivity index (χ1n) is 7.92. The lowest BCUT2D eigenvalue weighted by atomic mass is 9.86.